The lowest BCUT2D eigenvalue weighted by Crippen LogP contribution is -2.56. The van der Waals surface area contributed by atoms with Crippen molar-refractivity contribution in [3.8, 4) is 5.69 Å². The van der Waals surface area contributed by atoms with Crippen LogP contribution in [-0.4, -0.2) is 44.0 Å². The smallest absolute Gasteiger partial charge is 0.373 e. The van der Waals surface area contributed by atoms with Crippen LogP contribution in [0.4, 0.5) is 13.2 Å². The molecule has 24 heavy (non-hydrogen) atoms. The average Bonchev–Trinajstić information content (AvgIpc) is 2.97. The van der Waals surface area contributed by atoms with Crippen molar-refractivity contribution in [2.45, 2.75) is 31.7 Å². The van der Waals surface area contributed by atoms with E-state index in [0.29, 0.717) is 18.9 Å². The summed E-state index contributed by atoms with van der Waals surface area (Å²) >= 11 is 0. The second-order valence-electron chi connectivity index (χ2n) is 5.91. The monoisotopic (exact) mass is 339 g/mol. The number of benzene rings is 1. The molecular formula is C16H16F3N3O2. The van der Waals surface area contributed by atoms with E-state index < -0.39 is 17.7 Å². The van der Waals surface area contributed by atoms with Gasteiger partial charge in [-0.05, 0) is 19.1 Å². The number of carbonyl (C=O) groups excluding carboxylic acids is 1. The van der Waals surface area contributed by atoms with Gasteiger partial charge in [-0.1, -0.05) is 18.2 Å². The van der Waals surface area contributed by atoms with E-state index in [4.69, 9.17) is 0 Å². The molecule has 1 aliphatic heterocycles. The fourth-order valence-corrected chi connectivity index (χ4v) is 2.73. The molecule has 2 aromatic rings. The molecule has 0 radical (unpaired) electrons. The van der Waals surface area contributed by atoms with Gasteiger partial charge in [0, 0.05) is 25.1 Å². The zero-order valence-electron chi connectivity index (χ0n) is 12.9. The summed E-state index contributed by atoms with van der Waals surface area (Å²) < 4.78 is 40.3. The molecule has 5 nitrogen and oxygen atoms in total. The van der Waals surface area contributed by atoms with Crippen molar-refractivity contribution in [3.63, 3.8) is 0 Å². The molecule has 3 rings (SSSR count). The fourth-order valence-electron chi connectivity index (χ4n) is 2.73. The van der Waals surface area contributed by atoms with E-state index in [9.17, 15) is 23.1 Å². The lowest BCUT2D eigenvalue weighted by molar-refractivity contribution is -0.250. The first-order valence-electron chi connectivity index (χ1n) is 7.41. The number of amides is 1. The minimum absolute atomic E-state index is 0.00672. The summed E-state index contributed by atoms with van der Waals surface area (Å²) in [5.41, 5.74) is -1.01. The number of rotatable bonds is 2. The third-order valence-electron chi connectivity index (χ3n) is 4.19. The predicted octanol–water partition coefficient (Wildman–Crippen LogP) is 2.07. The Morgan fingerprint density at radius 3 is 2.54 bits per heavy atom. The van der Waals surface area contributed by atoms with E-state index in [1.807, 2.05) is 30.3 Å². The Bertz CT molecular complexity index is 754. The van der Waals surface area contributed by atoms with Gasteiger partial charge >= 0.3 is 6.18 Å². The first kappa shape index (κ1) is 16.5. The molecule has 0 saturated heterocycles. The Hall–Kier alpha value is -2.35. The van der Waals surface area contributed by atoms with Crippen LogP contribution in [0, 0.1) is 0 Å². The van der Waals surface area contributed by atoms with Crippen LogP contribution in [0.2, 0.25) is 0 Å². The standard InChI is InChI=1S/C16H16F3N3O2/c1-15(24,16(17,18)19)14(23)21-8-7-13-11(10-21)9-20-22(13)12-5-3-2-4-6-12/h2-6,9,24H,7-8,10H2,1H3. The van der Waals surface area contributed by atoms with Gasteiger partial charge in [-0.25, -0.2) is 4.68 Å². The molecule has 0 aliphatic carbocycles. The molecule has 8 heteroatoms. The molecular weight excluding hydrogens is 323 g/mol. The number of hydrogen-bond acceptors (Lipinski definition) is 3. The first-order chi connectivity index (χ1) is 11.2. The normalized spacial score (nSPS) is 17.3. The van der Waals surface area contributed by atoms with Crippen LogP contribution in [0.25, 0.3) is 5.69 Å². The Balaban J connectivity index is 1.84. The van der Waals surface area contributed by atoms with Crippen LogP contribution in [0.15, 0.2) is 36.5 Å². The highest BCUT2D eigenvalue weighted by Crippen LogP contribution is 2.33. The molecule has 2 heterocycles. The number of para-hydroxylation sites is 1. The highest BCUT2D eigenvalue weighted by atomic mass is 19.4. The average molecular weight is 339 g/mol. The van der Waals surface area contributed by atoms with Crippen LogP contribution in [0.3, 0.4) is 0 Å². The van der Waals surface area contributed by atoms with Gasteiger partial charge in [-0.3, -0.25) is 4.79 Å². The van der Waals surface area contributed by atoms with Gasteiger partial charge in [0.1, 0.15) is 0 Å². The third-order valence-corrected chi connectivity index (χ3v) is 4.19. The molecule has 0 bridgehead atoms. The summed E-state index contributed by atoms with van der Waals surface area (Å²) in [6.45, 7) is 0.571. The number of alkyl halides is 3. The van der Waals surface area contributed by atoms with E-state index in [1.54, 1.807) is 10.9 Å². The van der Waals surface area contributed by atoms with Crippen LogP contribution in [0.1, 0.15) is 18.2 Å². The van der Waals surface area contributed by atoms with Gasteiger partial charge < -0.3 is 10.0 Å². The Labute approximate surface area is 136 Å². The molecule has 0 spiro atoms. The lowest BCUT2D eigenvalue weighted by atomic mass is 10.0. The first-order valence-corrected chi connectivity index (χ1v) is 7.41. The second-order valence-corrected chi connectivity index (χ2v) is 5.91. The van der Waals surface area contributed by atoms with Crippen LogP contribution < -0.4 is 0 Å². The number of halogens is 3. The molecule has 1 amide bonds. The SMILES string of the molecule is CC(O)(C(=O)N1CCc2c(cnn2-c2ccccc2)C1)C(F)(F)F. The van der Waals surface area contributed by atoms with Crippen molar-refractivity contribution in [3.05, 3.63) is 47.8 Å². The summed E-state index contributed by atoms with van der Waals surface area (Å²) in [6.07, 6.45) is -3.10. The zero-order valence-corrected chi connectivity index (χ0v) is 12.9. The summed E-state index contributed by atoms with van der Waals surface area (Å²) in [4.78, 5) is 13.1. The summed E-state index contributed by atoms with van der Waals surface area (Å²) in [7, 11) is 0. The minimum atomic E-state index is -5.02. The number of aromatic nitrogens is 2. The molecule has 0 saturated carbocycles. The van der Waals surface area contributed by atoms with E-state index >= 15 is 0 Å². The molecule has 1 atom stereocenters. The van der Waals surface area contributed by atoms with Gasteiger partial charge in [0.2, 0.25) is 5.60 Å². The quantitative estimate of drug-likeness (QED) is 0.911. The molecule has 1 N–H and O–H groups in total. The predicted molar refractivity (Wildman–Crippen MR) is 79.4 cm³/mol. The third kappa shape index (κ3) is 2.66. The topological polar surface area (TPSA) is 58.4 Å². The van der Waals surface area contributed by atoms with Crippen molar-refractivity contribution in [2.75, 3.05) is 6.54 Å². The van der Waals surface area contributed by atoms with Crippen LogP contribution in [0.5, 0.6) is 0 Å². The molecule has 0 fully saturated rings. The largest absolute Gasteiger partial charge is 0.426 e. The maximum atomic E-state index is 12.8. The van der Waals surface area contributed by atoms with E-state index in [2.05, 4.69) is 5.10 Å². The van der Waals surface area contributed by atoms with Gasteiger partial charge in [-0.15, -0.1) is 0 Å². The van der Waals surface area contributed by atoms with Crippen molar-refractivity contribution in [1.82, 2.24) is 14.7 Å². The number of hydrogen-bond donors (Lipinski definition) is 1. The van der Waals surface area contributed by atoms with E-state index in [0.717, 1.165) is 16.3 Å². The van der Waals surface area contributed by atoms with Crippen molar-refractivity contribution in [2.24, 2.45) is 0 Å². The molecule has 1 aromatic carbocycles. The van der Waals surface area contributed by atoms with Crippen LogP contribution >= 0.6 is 0 Å². The molecule has 1 aromatic heterocycles. The Morgan fingerprint density at radius 1 is 1.25 bits per heavy atom. The minimum Gasteiger partial charge on any atom is -0.373 e. The van der Waals surface area contributed by atoms with E-state index in [-0.39, 0.29) is 13.1 Å². The van der Waals surface area contributed by atoms with E-state index in [1.165, 1.54) is 0 Å². The van der Waals surface area contributed by atoms with Gasteiger partial charge in [-0.2, -0.15) is 18.3 Å². The summed E-state index contributed by atoms with van der Waals surface area (Å²) in [5, 5.41) is 13.8. The van der Waals surface area contributed by atoms with Crippen LogP contribution in [-0.2, 0) is 17.8 Å². The molecule has 1 aliphatic rings. The van der Waals surface area contributed by atoms with Crippen molar-refractivity contribution < 1.29 is 23.1 Å². The second kappa shape index (κ2) is 5.62. The maximum Gasteiger partial charge on any atom is 0.426 e. The zero-order chi connectivity index (χ0) is 17.5. The fraction of sp³-hybridized carbons (Fsp3) is 0.375. The summed E-state index contributed by atoms with van der Waals surface area (Å²) in [5.74, 6) is -1.34. The van der Waals surface area contributed by atoms with Gasteiger partial charge in [0.25, 0.3) is 5.91 Å². The highest BCUT2D eigenvalue weighted by Gasteiger charge is 2.57. The Kier molecular flexibility index (Phi) is 3.87. The summed E-state index contributed by atoms with van der Waals surface area (Å²) in [6, 6.07) is 9.35. The number of aliphatic hydroxyl groups is 1. The number of carbonyl (C=O) groups is 1. The number of nitrogens with zero attached hydrogens (tertiary/aromatic N) is 3. The van der Waals surface area contributed by atoms with Gasteiger partial charge in [0.05, 0.1) is 17.6 Å². The number of fused-ring (bicyclic) bond motifs is 1. The van der Waals surface area contributed by atoms with Crippen molar-refractivity contribution >= 4 is 5.91 Å². The molecule has 1 unspecified atom stereocenters. The maximum absolute atomic E-state index is 12.8. The Morgan fingerprint density at radius 2 is 1.92 bits per heavy atom. The lowest BCUT2D eigenvalue weighted by Gasteiger charge is -2.34. The van der Waals surface area contributed by atoms with Gasteiger partial charge in [0.15, 0.2) is 0 Å². The molecule has 128 valence electrons. The van der Waals surface area contributed by atoms with Crippen molar-refractivity contribution in [1.29, 1.82) is 0 Å². The highest BCUT2D eigenvalue weighted by molar-refractivity contribution is 5.85.